The molecule has 2 aromatic heterocycles. The van der Waals surface area contributed by atoms with Gasteiger partial charge in [-0.05, 0) is 18.6 Å². The Hall–Kier alpha value is -2.18. The van der Waals surface area contributed by atoms with E-state index in [1.54, 1.807) is 12.4 Å². The minimum absolute atomic E-state index is 0.118. The molecule has 1 aliphatic rings. The molecule has 7 heteroatoms. The second kappa shape index (κ2) is 6.29. The van der Waals surface area contributed by atoms with E-state index in [1.807, 2.05) is 12.1 Å². The van der Waals surface area contributed by atoms with E-state index >= 15 is 0 Å². The molecule has 1 aliphatic heterocycles. The number of nitrogen functional groups attached to an aromatic ring is 1. The smallest absolute Gasteiger partial charge is 0.253 e. The quantitative estimate of drug-likeness (QED) is 0.903. The number of aromatic nitrogens is 2. The molecule has 3 rings (SSSR count). The van der Waals surface area contributed by atoms with Gasteiger partial charge >= 0.3 is 0 Å². The number of ether oxygens (including phenoxy) is 1. The van der Waals surface area contributed by atoms with Crippen LogP contribution >= 0.6 is 11.6 Å². The minimum atomic E-state index is -0.251. The summed E-state index contributed by atoms with van der Waals surface area (Å²) in [4.78, 5) is 20.3. The first-order valence-corrected chi connectivity index (χ1v) is 7.26. The Morgan fingerprint density at radius 1 is 1.45 bits per heavy atom. The summed E-state index contributed by atoms with van der Waals surface area (Å²) in [5, 5.41) is 3.22. The highest BCUT2D eigenvalue weighted by atomic mass is 35.5. The van der Waals surface area contributed by atoms with Crippen LogP contribution in [-0.2, 0) is 4.74 Å². The Balaban J connectivity index is 1.74. The molecule has 3 N–H and O–H groups in total. The molecule has 0 bridgehead atoms. The van der Waals surface area contributed by atoms with Crippen LogP contribution in [0.3, 0.4) is 0 Å². The summed E-state index contributed by atoms with van der Waals surface area (Å²) in [7, 11) is 0. The molecule has 1 amide bonds. The summed E-state index contributed by atoms with van der Waals surface area (Å²) in [6.07, 6.45) is 5.40. The van der Waals surface area contributed by atoms with Crippen LogP contribution in [0.5, 0.6) is 0 Å². The molecule has 1 fully saturated rings. The van der Waals surface area contributed by atoms with Crippen molar-refractivity contribution in [3.05, 3.63) is 52.9 Å². The number of carbonyl (C=O) groups is 1. The summed E-state index contributed by atoms with van der Waals surface area (Å²) in [6, 6.07) is 5.17. The maximum Gasteiger partial charge on any atom is 0.253 e. The van der Waals surface area contributed by atoms with Crippen LogP contribution in [0, 0.1) is 0 Å². The van der Waals surface area contributed by atoms with Crippen molar-refractivity contribution in [1.82, 2.24) is 15.3 Å². The molecule has 2 atom stereocenters. The first kappa shape index (κ1) is 14.7. The first-order chi connectivity index (χ1) is 10.6. The van der Waals surface area contributed by atoms with Crippen molar-refractivity contribution in [3.63, 3.8) is 0 Å². The Labute approximate surface area is 132 Å². The lowest BCUT2D eigenvalue weighted by Gasteiger charge is -2.20. The standard InChI is InChI=1S/C15H15ClN4O2/c16-11-6-10(8-19-14(11)17)15(21)20-12-3-5-22-13(12)9-2-1-4-18-7-9/h1-2,4,6-8,12-13H,3,5H2,(H2,17,19)(H,20,21)/t12-,13+/m0/s1. The number of nitrogens with one attached hydrogen (secondary N) is 1. The maximum absolute atomic E-state index is 12.3. The molecule has 6 nitrogen and oxygen atoms in total. The Bertz CT molecular complexity index is 680. The van der Waals surface area contributed by atoms with Crippen LogP contribution in [-0.4, -0.2) is 28.5 Å². The third-order valence-electron chi connectivity index (χ3n) is 3.55. The normalized spacial score (nSPS) is 20.8. The average molecular weight is 319 g/mol. The molecular weight excluding hydrogens is 304 g/mol. The van der Waals surface area contributed by atoms with E-state index in [9.17, 15) is 4.79 Å². The minimum Gasteiger partial charge on any atom is -0.382 e. The highest BCUT2D eigenvalue weighted by Crippen LogP contribution is 2.29. The van der Waals surface area contributed by atoms with E-state index < -0.39 is 0 Å². The zero-order valence-corrected chi connectivity index (χ0v) is 12.5. The summed E-state index contributed by atoms with van der Waals surface area (Å²) >= 11 is 5.90. The molecule has 0 spiro atoms. The topological polar surface area (TPSA) is 90.1 Å². The lowest BCUT2D eigenvalue weighted by molar-refractivity contribution is 0.0820. The molecule has 0 aromatic carbocycles. The molecule has 114 valence electrons. The molecule has 1 saturated heterocycles. The van der Waals surface area contributed by atoms with E-state index in [1.165, 1.54) is 12.3 Å². The van der Waals surface area contributed by atoms with E-state index in [-0.39, 0.29) is 28.9 Å². The van der Waals surface area contributed by atoms with Gasteiger partial charge in [-0.3, -0.25) is 9.78 Å². The van der Waals surface area contributed by atoms with Crippen molar-refractivity contribution < 1.29 is 9.53 Å². The second-order valence-electron chi connectivity index (χ2n) is 5.04. The lowest BCUT2D eigenvalue weighted by Crippen LogP contribution is -2.36. The van der Waals surface area contributed by atoms with Gasteiger partial charge in [0.1, 0.15) is 11.9 Å². The van der Waals surface area contributed by atoms with Gasteiger partial charge in [0.15, 0.2) is 0 Å². The Morgan fingerprint density at radius 3 is 3.05 bits per heavy atom. The van der Waals surface area contributed by atoms with Gasteiger partial charge in [-0.25, -0.2) is 4.98 Å². The first-order valence-electron chi connectivity index (χ1n) is 6.88. The van der Waals surface area contributed by atoms with Crippen LogP contribution in [0.25, 0.3) is 0 Å². The largest absolute Gasteiger partial charge is 0.382 e. The number of nitrogens with two attached hydrogens (primary N) is 1. The number of pyridine rings is 2. The van der Waals surface area contributed by atoms with Crippen molar-refractivity contribution in [2.75, 3.05) is 12.3 Å². The molecule has 0 unspecified atom stereocenters. The van der Waals surface area contributed by atoms with Crippen molar-refractivity contribution in [2.24, 2.45) is 0 Å². The second-order valence-corrected chi connectivity index (χ2v) is 5.44. The van der Waals surface area contributed by atoms with E-state index in [0.29, 0.717) is 12.2 Å². The van der Waals surface area contributed by atoms with Gasteiger partial charge in [0, 0.05) is 30.8 Å². The van der Waals surface area contributed by atoms with Crippen molar-refractivity contribution in [1.29, 1.82) is 0 Å². The van der Waals surface area contributed by atoms with Gasteiger partial charge in [0.25, 0.3) is 5.91 Å². The molecular formula is C15H15ClN4O2. The van der Waals surface area contributed by atoms with Gasteiger partial charge in [-0.2, -0.15) is 0 Å². The van der Waals surface area contributed by atoms with E-state index in [2.05, 4.69) is 15.3 Å². The highest BCUT2D eigenvalue weighted by Gasteiger charge is 2.31. The number of halogens is 1. The monoisotopic (exact) mass is 318 g/mol. The number of anilines is 1. The zero-order chi connectivity index (χ0) is 15.5. The fourth-order valence-corrected chi connectivity index (χ4v) is 2.60. The van der Waals surface area contributed by atoms with Crippen molar-refractivity contribution in [3.8, 4) is 0 Å². The Kier molecular flexibility index (Phi) is 4.22. The van der Waals surface area contributed by atoms with Crippen molar-refractivity contribution in [2.45, 2.75) is 18.6 Å². The fraction of sp³-hybridized carbons (Fsp3) is 0.267. The number of carbonyl (C=O) groups excluding carboxylic acids is 1. The SMILES string of the molecule is Nc1ncc(C(=O)N[C@H]2CCO[C@@H]2c2cccnc2)cc1Cl. The number of hydrogen-bond donors (Lipinski definition) is 2. The third kappa shape index (κ3) is 3.03. The summed E-state index contributed by atoms with van der Waals surface area (Å²) in [6.45, 7) is 0.589. The number of hydrogen-bond acceptors (Lipinski definition) is 5. The van der Waals surface area contributed by atoms with E-state index in [4.69, 9.17) is 22.1 Å². The van der Waals surface area contributed by atoms with Gasteiger partial charge in [0.2, 0.25) is 0 Å². The average Bonchev–Trinajstić information content (AvgIpc) is 2.99. The number of amides is 1. The fourth-order valence-electron chi connectivity index (χ4n) is 2.43. The Morgan fingerprint density at radius 2 is 2.32 bits per heavy atom. The van der Waals surface area contributed by atoms with Gasteiger partial charge in [-0.15, -0.1) is 0 Å². The molecule has 0 radical (unpaired) electrons. The lowest BCUT2D eigenvalue weighted by atomic mass is 10.0. The maximum atomic E-state index is 12.3. The van der Waals surface area contributed by atoms with Crippen LogP contribution in [0.2, 0.25) is 5.02 Å². The van der Waals surface area contributed by atoms with Gasteiger partial charge < -0.3 is 15.8 Å². The molecule has 0 saturated carbocycles. The van der Waals surface area contributed by atoms with Gasteiger partial charge in [0.05, 0.1) is 16.6 Å². The van der Waals surface area contributed by atoms with Crippen LogP contribution in [0.15, 0.2) is 36.8 Å². The molecule has 2 aromatic rings. The number of nitrogens with zero attached hydrogens (tertiary/aromatic N) is 2. The zero-order valence-electron chi connectivity index (χ0n) is 11.7. The summed E-state index contributed by atoms with van der Waals surface area (Å²) < 4.78 is 5.71. The third-order valence-corrected chi connectivity index (χ3v) is 3.86. The van der Waals surface area contributed by atoms with E-state index in [0.717, 1.165) is 12.0 Å². The van der Waals surface area contributed by atoms with Crippen LogP contribution < -0.4 is 11.1 Å². The van der Waals surface area contributed by atoms with Gasteiger partial charge in [-0.1, -0.05) is 17.7 Å². The highest BCUT2D eigenvalue weighted by molar-refractivity contribution is 6.33. The number of rotatable bonds is 3. The predicted molar refractivity (Wildman–Crippen MR) is 82.5 cm³/mol. The molecule has 3 heterocycles. The summed E-state index contributed by atoms with van der Waals surface area (Å²) in [5.41, 5.74) is 6.86. The predicted octanol–water partition coefficient (Wildman–Crippen LogP) is 1.97. The molecule has 22 heavy (non-hydrogen) atoms. The van der Waals surface area contributed by atoms with Crippen LogP contribution in [0.1, 0.15) is 28.4 Å². The summed E-state index contributed by atoms with van der Waals surface area (Å²) in [5.74, 6) is -0.0468. The van der Waals surface area contributed by atoms with Crippen LogP contribution in [0.4, 0.5) is 5.82 Å². The molecule has 0 aliphatic carbocycles. The van der Waals surface area contributed by atoms with Crippen molar-refractivity contribution >= 4 is 23.3 Å².